The summed E-state index contributed by atoms with van der Waals surface area (Å²) in [4.78, 5) is 9.20. The number of fused-ring (bicyclic) bond motifs is 1. The lowest BCUT2D eigenvalue weighted by molar-refractivity contribution is 0.183. The number of imidazole rings is 1. The zero-order valence-electron chi connectivity index (χ0n) is 12.2. The highest BCUT2D eigenvalue weighted by atomic mass is 35.5. The molecule has 21 heavy (non-hydrogen) atoms. The molecule has 1 unspecified atom stereocenters. The summed E-state index contributed by atoms with van der Waals surface area (Å²) in [7, 11) is 1.63. The van der Waals surface area contributed by atoms with Crippen molar-refractivity contribution in [3.05, 3.63) is 18.0 Å². The SMILES string of the molecule is COc1ccc2nc(CCCl)n(CCC3CCOC3)c2n1. The molecule has 0 aliphatic carbocycles. The normalized spacial score (nSPS) is 18.5. The Kier molecular flexibility index (Phi) is 4.60. The second kappa shape index (κ2) is 6.62. The van der Waals surface area contributed by atoms with Crippen molar-refractivity contribution in [1.82, 2.24) is 14.5 Å². The number of hydrogen-bond acceptors (Lipinski definition) is 4. The molecule has 3 heterocycles. The molecule has 1 aliphatic heterocycles. The van der Waals surface area contributed by atoms with E-state index in [0.29, 0.717) is 17.7 Å². The number of rotatable bonds is 6. The molecule has 2 aromatic rings. The van der Waals surface area contributed by atoms with Crippen molar-refractivity contribution in [1.29, 1.82) is 0 Å². The Morgan fingerprint density at radius 3 is 3.05 bits per heavy atom. The predicted molar refractivity (Wildman–Crippen MR) is 82.0 cm³/mol. The van der Waals surface area contributed by atoms with Crippen LogP contribution in [0, 0.1) is 5.92 Å². The highest BCUT2D eigenvalue weighted by molar-refractivity contribution is 6.17. The Bertz CT molecular complexity index is 608. The largest absolute Gasteiger partial charge is 0.481 e. The quantitative estimate of drug-likeness (QED) is 0.770. The van der Waals surface area contributed by atoms with Gasteiger partial charge in [-0.25, -0.2) is 4.98 Å². The number of methoxy groups -OCH3 is 1. The van der Waals surface area contributed by atoms with E-state index in [-0.39, 0.29) is 0 Å². The van der Waals surface area contributed by atoms with Crippen LogP contribution in [0.5, 0.6) is 5.88 Å². The minimum atomic E-state index is 0.562. The summed E-state index contributed by atoms with van der Waals surface area (Å²) >= 11 is 5.90. The van der Waals surface area contributed by atoms with E-state index in [1.54, 1.807) is 7.11 Å². The second-order valence-electron chi connectivity index (χ2n) is 5.33. The van der Waals surface area contributed by atoms with Crippen molar-refractivity contribution in [2.24, 2.45) is 5.92 Å². The van der Waals surface area contributed by atoms with Crippen LogP contribution >= 0.6 is 11.6 Å². The fourth-order valence-electron chi connectivity index (χ4n) is 2.78. The van der Waals surface area contributed by atoms with Crippen LogP contribution in [0.4, 0.5) is 0 Å². The third-order valence-electron chi connectivity index (χ3n) is 3.96. The van der Waals surface area contributed by atoms with Gasteiger partial charge in [0.1, 0.15) is 11.3 Å². The molecular weight excluding hydrogens is 290 g/mol. The molecule has 0 radical (unpaired) electrons. The first-order valence-corrected chi connectivity index (χ1v) is 7.89. The monoisotopic (exact) mass is 309 g/mol. The molecule has 5 nitrogen and oxygen atoms in total. The summed E-state index contributed by atoms with van der Waals surface area (Å²) in [6.07, 6.45) is 2.98. The fourth-order valence-corrected chi connectivity index (χ4v) is 2.95. The summed E-state index contributed by atoms with van der Waals surface area (Å²) < 4.78 is 12.9. The van der Waals surface area contributed by atoms with Gasteiger partial charge in [-0.1, -0.05) is 0 Å². The average molecular weight is 310 g/mol. The lowest BCUT2D eigenvalue weighted by Gasteiger charge is -2.11. The third-order valence-corrected chi connectivity index (χ3v) is 4.15. The van der Waals surface area contributed by atoms with E-state index < -0.39 is 0 Å². The summed E-state index contributed by atoms with van der Waals surface area (Å²) in [5, 5.41) is 0. The van der Waals surface area contributed by atoms with E-state index in [4.69, 9.17) is 21.1 Å². The number of aryl methyl sites for hydroxylation is 2. The van der Waals surface area contributed by atoms with Gasteiger partial charge in [0.25, 0.3) is 0 Å². The number of nitrogens with zero attached hydrogens (tertiary/aromatic N) is 3. The molecule has 0 bridgehead atoms. The molecule has 0 spiro atoms. The maximum Gasteiger partial charge on any atom is 0.215 e. The summed E-state index contributed by atoms with van der Waals surface area (Å²) in [5.41, 5.74) is 1.78. The van der Waals surface area contributed by atoms with Gasteiger partial charge in [-0.2, -0.15) is 4.98 Å². The van der Waals surface area contributed by atoms with Gasteiger partial charge in [0.2, 0.25) is 5.88 Å². The number of pyridine rings is 1. The Morgan fingerprint density at radius 1 is 1.43 bits per heavy atom. The van der Waals surface area contributed by atoms with E-state index in [0.717, 1.165) is 56.0 Å². The molecule has 0 aromatic carbocycles. The molecule has 1 aliphatic rings. The lowest BCUT2D eigenvalue weighted by atomic mass is 10.1. The number of alkyl halides is 1. The number of aromatic nitrogens is 3. The van der Waals surface area contributed by atoms with Crippen LogP contribution in [0.1, 0.15) is 18.7 Å². The minimum absolute atomic E-state index is 0.562. The van der Waals surface area contributed by atoms with Gasteiger partial charge >= 0.3 is 0 Å². The molecule has 0 N–H and O–H groups in total. The van der Waals surface area contributed by atoms with E-state index >= 15 is 0 Å². The molecule has 1 saturated heterocycles. The molecular formula is C15H20ClN3O2. The number of ether oxygens (including phenoxy) is 2. The van der Waals surface area contributed by atoms with Crippen LogP contribution < -0.4 is 4.74 Å². The summed E-state index contributed by atoms with van der Waals surface area (Å²) in [6, 6.07) is 3.79. The minimum Gasteiger partial charge on any atom is -0.481 e. The van der Waals surface area contributed by atoms with Crippen LogP contribution in [0.25, 0.3) is 11.2 Å². The maximum absolute atomic E-state index is 5.90. The Morgan fingerprint density at radius 2 is 2.33 bits per heavy atom. The van der Waals surface area contributed by atoms with Gasteiger partial charge in [-0.15, -0.1) is 11.6 Å². The first-order valence-electron chi connectivity index (χ1n) is 7.35. The third kappa shape index (κ3) is 3.14. The van der Waals surface area contributed by atoms with Crippen molar-refractivity contribution in [3.63, 3.8) is 0 Å². The Labute approximate surface area is 129 Å². The standard InChI is InChI=1S/C15H20ClN3O2/c1-20-14-3-2-12-15(18-14)19(13(17-12)4-7-16)8-5-11-6-9-21-10-11/h2-3,11H,4-10H2,1H3. The highest BCUT2D eigenvalue weighted by Crippen LogP contribution is 2.22. The van der Waals surface area contributed by atoms with Gasteiger partial charge in [-0.05, 0) is 24.8 Å². The van der Waals surface area contributed by atoms with E-state index in [1.807, 2.05) is 12.1 Å². The van der Waals surface area contributed by atoms with Crippen LogP contribution in [-0.2, 0) is 17.7 Å². The second-order valence-corrected chi connectivity index (χ2v) is 5.71. The van der Waals surface area contributed by atoms with Gasteiger partial charge < -0.3 is 14.0 Å². The maximum atomic E-state index is 5.90. The molecule has 6 heteroatoms. The van der Waals surface area contributed by atoms with E-state index in [2.05, 4.69) is 14.5 Å². The van der Waals surface area contributed by atoms with Crippen LogP contribution in [-0.4, -0.2) is 40.7 Å². The van der Waals surface area contributed by atoms with Gasteiger partial charge in [0.05, 0.1) is 7.11 Å². The first-order chi connectivity index (χ1) is 10.3. The smallest absolute Gasteiger partial charge is 0.215 e. The van der Waals surface area contributed by atoms with E-state index in [9.17, 15) is 0 Å². The molecule has 1 fully saturated rings. The molecule has 3 rings (SSSR count). The van der Waals surface area contributed by atoms with Gasteiger partial charge in [-0.3, -0.25) is 0 Å². The van der Waals surface area contributed by atoms with Crippen LogP contribution in [0.3, 0.4) is 0 Å². The van der Waals surface area contributed by atoms with Gasteiger partial charge in [0.15, 0.2) is 5.65 Å². The van der Waals surface area contributed by atoms with E-state index in [1.165, 1.54) is 0 Å². The zero-order valence-corrected chi connectivity index (χ0v) is 13.0. The van der Waals surface area contributed by atoms with Crippen molar-refractivity contribution in [3.8, 4) is 5.88 Å². The van der Waals surface area contributed by atoms with Crippen LogP contribution in [0.15, 0.2) is 12.1 Å². The zero-order chi connectivity index (χ0) is 14.7. The van der Waals surface area contributed by atoms with Crippen LogP contribution in [0.2, 0.25) is 0 Å². The summed E-state index contributed by atoms with van der Waals surface area (Å²) in [5.74, 6) is 2.81. The van der Waals surface area contributed by atoms with Crippen molar-refractivity contribution in [2.45, 2.75) is 25.8 Å². The molecule has 2 aromatic heterocycles. The predicted octanol–water partition coefficient (Wildman–Crippen LogP) is 2.65. The first kappa shape index (κ1) is 14.6. The Hall–Kier alpha value is -1.33. The van der Waals surface area contributed by atoms with Crippen molar-refractivity contribution in [2.75, 3.05) is 26.2 Å². The topological polar surface area (TPSA) is 49.2 Å². The number of halogens is 1. The molecule has 114 valence electrons. The summed E-state index contributed by atoms with van der Waals surface area (Å²) in [6.45, 7) is 2.65. The molecule has 0 saturated carbocycles. The fraction of sp³-hybridized carbons (Fsp3) is 0.600. The lowest BCUT2D eigenvalue weighted by Crippen LogP contribution is -2.10. The average Bonchev–Trinajstić information content (AvgIpc) is 3.12. The van der Waals surface area contributed by atoms with Crippen molar-refractivity contribution >= 4 is 22.8 Å². The molecule has 0 amide bonds. The molecule has 1 atom stereocenters. The van der Waals surface area contributed by atoms with Gasteiger partial charge in [0, 0.05) is 38.1 Å². The van der Waals surface area contributed by atoms with Crippen molar-refractivity contribution < 1.29 is 9.47 Å². The Balaban J connectivity index is 1.89. The number of hydrogen-bond donors (Lipinski definition) is 0. The highest BCUT2D eigenvalue weighted by Gasteiger charge is 2.18.